The fraction of sp³-hybridized carbons (Fsp3) is 0.389. The molecule has 0 atom stereocenters. The number of aromatic nitrogens is 1. The molecule has 2 heterocycles. The van der Waals surface area contributed by atoms with Gasteiger partial charge in [-0.3, -0.25) is 4.79 Å². The number of nitrogens with one attached hydrogen (secondary N) is 2. The molecule has 2 aromatic rings. The van der Waals surface area contributed by atoms with Crippen molar-refractivity contribution in [1.82, 2.24) is 15.6 Å². The predicted molar refractivity (Wildman–Crippen MR) is 98.4 cm³/mol. The van der Waals surface area contributed by atoms with Crippen molar-refractivity contribution < 1.29 is 27.9 Å². The van der Waals surface area contributed by atoms with Crippen LogP contribution in [-0.2, 0) is 4.79 Å². The smallest absolute Gasteiger partial charge is 0.475 e. The SMILES string of the molecule is O=C(NCC1CCNCC1)c1ccc2cc(Cl)ccc2n1.O=C(O)C(F)(F)F. The van der Waals surface area contributed by atoms with E-state index in [1.54, 1.807) is 12.1 Å². The third-order valence-corrected chi connectivity index (χ3v) is 4.37. The molecule has 28 heavy (non-hydrogen) atoms. The van der Waals surface area contributed by atoms with E-state index in [4.69, 9.17) is 21.5 Å². The van der Waals surface area contributed by atoms with Gasteiger partial charge in [0.15, 0.2) is 0 Å². The number of fused-ring (bicyclic) bond motifs is 1. The molecule has 1 amide bonds. The van der Waals surface area contributed by atoms with Gasteiger partial charge in [0.25, 0.3) is 5.91 Å². The van der Waals surface area contributed by atoms with Crippen LogP contribution < -0.4 is 10.6 Å². The zero-order valence-corrected chi connectivity index (χ0v) is 15.5. The van der Waals surface area contributed by atoms with Gasteiger partial charge in [-0.1, -0.05) is 17.7 Å². The van der Waals surface area contributed by atoms with Gasteiger partial charge in [0.05, 0.1) is 5.52 Å². The third kappa shape index (κ3) is 6.65. The number of carboxylic acid groups (broad SMARTS) is 1. The first kappa shape index (κ1) is 21.9. The molecule has 3 N–H and O–H groups in total. The highest BCUT2D eigenvalue weighted by atomic mass is 35.5. The van der Waals surface area contributed by atoms with Crippen molar-refractivity contribution in [3.63, 3.8) is 0 Å². The molecule has 1 aliphatic rings. The molecule has 1 fully saturated rings. The lowest BCUT2D eigenvalue weighted by atomic mass is 9.98. The number of alkyl halides is 3. The number of pyridine rings is 1. The van der Waals surface area contributed by atoms with E-state index >= 15 is 0 Å². The Hall–Kier alpha value is -2.39. The molecule has 10 heteroatoms. The minimum absolute atomic E-state index is 0.106. The van der Waals surface area contributed by atoms with E-state index < -0.39 is 12.1 Å². The van der Waals surface area contributed by atoms with E-state index in [0.717, 1.165) is 43.4 Å². The number of piperidine rings is 1. The molecule has 1 aromatic heterocycles. The van der Waals surface area contributed by atoms with Crippen molar-refractivity contribution in [2.24, 2.45) is 5.92 Å². The third-order valence-electron chi connectivity index (χ3n) is 4.14. The molecule has 6 nitrogen and oxygen atoms in total. The topological polar surface area (TPSA) is 91.3 Å². The van der Waals surface area contributed by atoms with Crippen molar-refractivity contribution in [3.8, 4) is 0 Å². The Balaban J connectivity index is 0.000000345. The van der Waals surface area contributed by atoms with Gasteiger partial charge in [0.1, 0.15) is 5.69 Å². The van der Waals surface area contributed by atoms with E-state index in [-0.39, 0.29) is 5.91 Å². The number of hydrogen-bond acceptors (Lipinski definition) is 4. The molecule has 1 saturated heterocycles. The Morgan fingerprint density at radius 2 is 1.86 bits per heavy atom. The molecule has 0 aliphatic carbocycles. The average Bonchev–Trinajstić information content (AvgIpc) is 2.66. The fourth-order valence-electron chi connectivity index (χ4n) is 2.64. The first-order valence-corrected chi connectivity index (χ1v) is 8.90. The molecule has 1 aromatic carbocycles. The lowest BCUT2D eigenvalue weighted by Gasteiger charge is -2.22. The van der Waals surface area contributed by atoms with Crippen LogP contribution in [-0.4, -0.2) is 47.8 Å². The molecule has 152 valence electrons. The van der Waals surface area contributed by atoms with Crippen molar-refractivity contribution in [2.75, 3.05) is 19.6 Å². The molecule has 3 rings (SSSR count). The van der Waals surface area contributed by atoms with E-state index in [9.17, 15) is 18.0 Å². The van der Waals surface area contributed by atoms with E-state index in [2.05, 4.69) is 15.6 Å². The van der Waals surface area contributed by atoms with Crippen LogP contribution in [0, 0.1) is 5.92 Å². The summed E-state index contributed by atoms with van der Waals surface area (Å²) in [7, 11) is 0. The highest BCUT2D eigenvalue weighted by molar-refractivity contribution is 6.31. The van der Waals surface area contributed by atoms with Gasteiger partial charge < -0.3 is 15.7 Å². The van der Waals surface area contributed by atoms with Crippen LogP contribution in [0.2, 0.25) is 5.02 Å². The fourth-order valence-corrected chi connectivity index (χ4v) is 2.82. The molecule has 0 spiro atoms. The number of nitrogens with zero attached hydrogens (tertiary/aromatic N) is 1. The standard InChI is InChI=1S/C16H18ClN3O.C2HF3O2/c17-13-2-4-14-12(9-13)1-3-15(20-14)16(21)19-10-11-5-7-18-8-6-11;3-2(4,5)1(6)7/h1-4,9,11,18H,5-8,10H2,(H,19,21);(H,6,7). The summed E-state index contributed by atoms with van der Waals surface area (Å²) >= 11 is 5.94. The van der Waals surface area contributed by atoms with Gasteiger partial charge >= 0.3 is 12.1 Å². The van der Waals surface area contributed by atoms with Gasteiger partial charge in [-0.25, -0.2) is 9.78 Å². The van der Waals surface area contributed by atoms with E-state index in [1.807, 2.05) is 18.2 Å². The van der Waals surface area contributed by atoms with Crippen LogP contribution in [0.5, 0.6) is 0 Å². The highest BCUT2D eigenvalue weighted by Crippen LogP contribution is 2.18. The Kier molecular flexibility index (Phi) is 7.59. The van der Waals surface area contributed by atoms with Crippen molar-refractivity contribution in [3.05, 3.63) is 41.0 Å². The molecule has 0 radical (unpaired) electrons. The van der Waals surface area contributed by atoms with Gasteiger partial charge in [-0.05, 0) is 56.1 Å². The maximum atomic E-state index is 12.2. The zero-order valence-electron chi connectivity index (χ0n) is 14.7. The summed E-state index contributed by atoms with van der Waals surface area (Å²) in [6, 6.07) is 9.10. The monoisotopic (exact) mass is 417 g/mol. The number of halogens is 4. The quantitative estimate of drug-likeness (QED) is 0.713. The molecular weight excluding hydrogens is 399 g/mol. The molecule has 0 saturated carbocycles. The predicted octanol–water partition coefficient (Wildman–Crippen LogP) is 3.25. The number of rotatable bonds is 3. The second kappa shape index (κ2) is 9.70. The average molecular weight is 418 g/mol. The van der Waals surface area contributed by atoms with Gasteiger partial charge in [0, 0.05) is 17.0 Å². The number of carbonyl (C=O) groups is 2. The van der Waals surface area contributed by atoms with Crippen LogP contribution >= 0.6 is 11.6 Å². The summed E-state index contributed by atoms with van der Waals surface area (Å²) < 4.78 is 31.7. The second-order valence-corrected chi connectivity index (χ2v) is 6.68. The lowest BCUT2D eigenvalue weighted by molar-refractivity contribution is -0.192. The van der Waals surface area contributed by atoms with Crippen molar-refractivity contribution >= 4 is 34.4 Å². The summed E-state index contributed by atoms with van der Waals surface area (Å²) in [6.07, 6.45) is -2.85. The number of amides is 1. The van der Waals surface area contributed by atoms with Crippen molar-refractivity contribution in [1.29, 1.82) is 0 Å². The van der Waals surface area contributed by atoms with Crippen LogP contribution in [0.1, 0.15) is 23.3 Å². The van der Waals surface area contributed by atoms with Gasteiger partial charge in [-0.15, -0.1) is 0 Å². The van der Waals surface area contributed by atoms with Crippen LogP contribution in [0.4, 0.5) is 13.2 Å². The number of carbonyl (C=O) groups excluding carboxylic acids is 1. The van der Waals surface area contributed by atoms with E-state index in [1.165, 1.54) is 0 Å². The Morgan fingerprint density at radius 3 is 2.46 bits per heavy atom. The number of benzene rings is 1. The minimum Gasteiger partial charge on any atom is -0.475 e. The number of aliphatic carboxylic acids is 1. The first-order valence-electron chi connectivity index (χ1n) is 8.52. The van der Waals surface area contributed by atoms with Gasteiger partial charge in [-0.2, -0.15) is 13.2 Å². The minimum atomic E-state index is -5.08. The zero-order chi connectivity index (χ0) is 20.7. The number of hydrogen-bond donors (Lipinski definition) is 3. The Bertz CT molecular complexity index is 840. The molecular formula is C18H19ClF3N3O3. The maximum Gasteiger partial charge on any atom is 0.490 e. The largest absolute Gasteiger partial charge is 0.490 e. The van der Waals surface area contributed by atoms with E-state index in [0.29, 0.717) is 16.6 Å². The summed E-state index contributed by atoms with van der Waals surface area (Å²) in [5.74, 6) is -2.30. The summed E-state index contributed by atoms with van der Waals surface area (Å²) in [5.41, 5.74) is 1.24. The molecule has 0 bridgehead atoms. The second-order valence-electron chi connectivity index (χ2n) is 6.24. The maximum absolute atomic E-state index is 12.2. The molecule has 0 unspecified atom stereocenters. The van der Waals surface area contributed by atoms with Crippen molar-refractivity contribution in [2.45, 2.75) is 19.0 Å². The van der Waals surface area contributed by atoms with Crippen LogP contribution in [0.3, 0.4) is 0 Å². The summed E-state index contributed by atoms with van der Waals surface area (Å²) in [5, 5.41) is 15.1. The Labute approximate surface area is 164 Å². The van der Waals surface area contributed by atoms with Crippen LogP contribution in [0.25, 0.3) is 10.9 Å². The lowest BCUT2D eigenvalue weighted by Crippen LogP contribution is -2.36. The summed E-state index contributed by atoms with van der Waals surface area (Å²) in [6.45, 7) is 2.80. The first-order chi connectivity index (χ1) is 13.2. The Morgan fingerprint density at radius 1 is 1.21 bits per heavy atom. The van der Waals surface area contributed by atoms with Crippen LogP contribution in [0.15, 0.2) is 30.3 Å². The molecule has 1 aliphatic heterocycles. The van der Waals surface area contributed by atoms with Gasteiger partial charge in [0.2, 0.25) is 0 Å². The normalized spacial score (nSPS) is 14.9. The highest BCUT2D eigenvalue weighted by Gasteiger charge is 2.38. The summed E-state index contributed by atoms with van der Waals surface area (Å²) in [4.78, 5) is 25.5. The number of carboxylic acids is 1.